The number of amides is 3. The van der Waals surface area contributed by atoms with E-state index in [1.165, 1.54) is 0 Å². The van der Waals surface area contributed by atoms with E-state index in [9.17, 15) is 9.59 Å². The van der Waals surface area contributed by atoms with Crippen molar-refractivity contribution in [1.82, 2.24) is 9.88 Å². The first-order valence-electron chi connectivity index (χ1n) is 12.6. The van der Waals surface area contributed by atoms with Crippen LogP contribution in [0.25, 0.3) is 11.1 Å². The van der Waals surface area contributed by atoms with E-state index in [2.05, 4.69) is 16.8 Å². The number of nitrogens with zero attached hydrogens (tertiary/aromatic N) is 4. The Morgan fingerprint density at radius 3 is 2.69 bits per heavy atom. The molecule has 5 rings (SSSR count). The third kappa shape index (κ3) is 5.16. The number of hydrogen-bond donors (Lipinski definition) is 1. The number of morpholine rings is 1. The maximum absolute atomic E-state index is 12.9. The van der Waals surface area contributed by atoms with Crippen LogP contribution in [0.2, 0.25) is 0 Å². The Labute approximate surface area is 211 Å². The molecule has 3 aliphatic heterocycles. The highest BCUT2D eigenvalue weighted by atomic mass is 16.6. The lowest BCUT2D eigenvalue weighted by Gasteiger charge is -2.29. The van der Waals surface area contributed by atoms with Crippen molar-refractivity contribution in [3.8, 4) is 11.1 Å². The van der Waals surface area contributed by atoms with E-state index < -0.39 is 0 Å². The molecule has 36 heavy (non-hydrogen) atoms. The molecule has 190 valence electrons. The van der Waals surface area contributed by atoms with Gasteiger partial charge < -0.3 is 24.6 Å². The van der Waals surface area contributed by atoms with Crippen molar-refractivity contribution in [3.05, 3.63) is 48.6 Å². The van der Waals surface area contributed by atoms with Gasteiger partial charge in [0.2, 0.25) is 0 Å². The summed E-state index contributed by atoms with van der Waals surface area (Å²) in [5.41, 5.74) is 3.71. The van der Waals surface area contributed by atoms with Crippen LogP contribution in [-0.4, -0.2) is 74.6 Å². The molecular weight excluding hydrogens is 458 g/mol. The van der Waals surface area contributed by atoms with Crippen LogP contribution < -0.4 is 15.1 Å². The lowest BCUT2D eigenvalue weighted by atomic mass is 10.00. The second-order valence-corrected chi connectivity index (χ2v) is 9.52. The normalized spacial score (nSPS) is 20.0. The zero-order valence-electron chi connectivity index (χ0n) is 20.7. The molecule has 1 atom stereocenters. The molecule has 9 nitrogen and oxygen atoms in total. The van der Waals surface area contributed by atoms with Gasteiger partial charge in [-0.25, -0.2) is 14.6 Å². The predicted octanol–water partition coefficient (Wildman–Crippen LogP) is 4.28. The molecule has 0 aliphatic carbocycles. The van der Waals surface area contributed by atoms with E-state index in [4.69, 9.17) is 14.5 Å². The summed E-state index contributed by atoms with van der Waals surface area (Å²) < 4.78 is 10.7. The number of carbonyl (C=O) groups excluding carboxylic acids is 2. The van der Waals surface area contributed by atoms with Crippen LogP contribution in [0.3, 0.4) is 0 Å². The number of carbonyl (C=O) groups is 2. The average Bonchev–Trinajstić information content (AvgIpc) is 3.55. The Bertz CT molecular complexity index is 1150. The Balaban J connectivity index is 1.43. The molecule has 9 heteroatoms. The molecule has 0 radical (unpaired) electrons. The van der Waals surface area contributed by atoms with E-state index in [1.807, 2.05) is 48.2 Å². The topological polar surface area (TPSA) is 87.2 Å². The van der Waals surface area contributed by atoms with Gasteiger partial charge in [0.25, 0.3) is 0 Å². The smallest absolute Gasteiger partial charge is 0.415 e. The van der Waals surface area contributed by atoms with Gasteiger partial charge >= 0.3 is 12.1 Å². The fourth-order valence-electron chi connectivity index (χ4n) is 5.01. The molecule has 3 amide bonds. The largest absolute Gasteiger partial charge is 0.447 e. The number of pyridine rings is 1. The van der Waals surface area contributed by atoms with Crippen molar-refractivity contribution < 1.29 is 19.1 Å². The van der Waals surface area contributed by atoms with Gasteiger partial charge in [0.15, 0.2) is 0 Å². The highest BCUT2D eigenvalue weighted by Gasteiger charge is 2.28. The molecule has 0 saturated carbocycles. The van der Waals surface area contributed by atoms with Gasteiger partial charge in [0.05, 0.1) is 19.8 Å². The van der Waals surface area contributed by atoms with E-state index in [0.29, 0.717) is 38.1 Å². The molecule has 0 spiro atoms. The monoisotopic (exact) mass is 491 g/mol. The number of aryl methyl sites for hydroxylation is 1. The molecule has 3 saturated heterocycles. The van der Waals surface area contributed by atoms with E-state index in [-0.39, 0.29) is 12.1 Å². The molecular formula is C27H33N5O4. The number of anilines is 3. The van der Waals surface area contributed by atoms with Crippen LogP contribution in [-0.2, 0) is 9.47 Å². The number of rotatable bonds is 6. The molecule has 1 N–H and O–H groups in total. The minimum Gasteiger partial charge on any atom is -0.447 e. The van der Waals surface area contributed by atoms with Gasteiger partial charge in [-0.05, 0) is 66.6 Å². The summed E-state index contributed by atoms with van der Waals surface area (Å²) in [7, 11) is 0. The summed E-state index contributed by atoms with van der Waals surface area (Å²) >= 11 is 0. The first-order valence-corrected chi connectivity index (χ1v) is 12.6. The Morgan fingerprint density at radius 2 is 1.94 bits per heavy atom. The third-order valence-electron chi connectivity index (χ3n) is 7.04. The van der Waals surface area contributed by atoms with Gasteiger partial charge in [-0.15, -0.1) is 6.58 Å². The van der Waals surface area contributed by atoms with E-state index >= 15 is 0 Å². The number of cyclic esters (lactones) is 1. The summed E-state index contributed by atoms with van der Waals surface area (Å²) in [6.07, 6.45) is 3.47. The number of nitrogens with one attached hydrogen (secondary N) is 1. The molecule has 3 fully saturated rings. The maximum Gasteiger partial charge on any atom is 0.415 e. The lowest BCUT2D eigenvalue weighted by Crippen LogP contribution is -2.37. The highest BCUT2D eigenvalue weighted by molar-refractivity contribution is 5.92. The summed E-state index contributed by atoms with van der Waals surface area (Å²) in [6, 6.07) is 9.82. The number of urea groups is 1. The zero-order chi connectivity index (χ0) is 25.1. The molecule has 3 aliphatic rings. The van der Waals surface area contributed by atoms with Crippen LogP contribution in [0.5, 0.6) is 0 Å². The van der Waals surface area contributed by atoms with Gasteiger partial charge in [-0.2, -0.15) is 0 Å². The van der Waals surface area contributed by atoms with Crippen molar-refractivity contribution in [1.29, 1.82) is 0 Å². The van der Waals surface area contributed by atoms with Crippen molar-refractivity contribution in [2.75, 3.05) is 67.7 Å². The van der Waals surface area contributed by atoms with Crippen LogP contribution in [0.1, 0.15) is 18.4 Å². The van der Waals surface area contributed by atoms with Crippen LogP contribution in [0.15, 0.2) is 43.0 Å². The second kappa shape index (κ2) is 10.6. The number of likely N-dealkylation sites (tertiary alicyclic amines) is 1. The van der Waals surface area contributed by atoms with Crippen LogP contribution in [0.4, 0.5) is 26.9 Å². The van der Waals surface area contributed by atoms with Crippen molar-refractivity contribution in [2.24, 2.45) is 5.92 Å². The van der Waals surface area contributed by atoms with Gasteiger partial charge in [-0.1, -0.05) is 12.1 Å². The van der Waals surface area contributed by atoms with Gasteiger partial charge in [0.1, 0.15) is 18.2 Å². The SMILES string of the molecule is C=CC[C@@H]1CCN(C(=O)Nc2ccc(C)c(-c3cc(N4CCOCC4)nc(N4CCOC4=O)c3)c2)C1. The molecule has 1 aromatic carbocycles. The maximum atomic E-state index is 12.9. The molecule has 2 aromatic rings. The fourth-order valence-corrected chi connectivity index (χ4v) is 5.01. The van der Waals surface area contributed by atoms with E-state index in [1.54, 1.807) is 4.90 Å². The highest BCUT2D eigenvalue weighted by Crippen LogP contribution is 2.33. The average molecular weight is 492 g/mol. The minimum absolute atomic E-state index is 0.0828. The third-order valence-corrected chi connectivity index (χ3v) is 7.04. The number of allylic oxidation sites excluding steroid dienone is 1. The first kappa shape index (κ1) is 24.1. The summed E-state index contributed by atoms with van der Waals surface area (Å²) in [5.74, 6) is 1.84. The second-order valence-electron chi connectivity index (χ2n) is 9.52. The Hall–Kier alpha value is -3.59. The standard InChI is InChI=1S/C27H33N5O4/c1-3-4-20-7-8-31(18-20)26(33)28-22-6-5-19(2)23(17-22)21-15-24(30-9-12-35-13-10-30)29-25(16-21)32-11-14-36-27(32)34/h3,5-6,15-17,20H,1,4,7-14,18H2,2H3,(H,28,33)/t20-/m1/s1. The van der Waals surface area contributed by atoms with Gasteiger partial charge in [0, 0.05) is 31.9 Å². The number of benzene rings is 1. The fraction of sp³-hybridized carbons (Fsp3) is 0.444. The summed E-state index contributed by atoms with van der Waals surface area (Å²) in [4.78, 5) is 35.7. The summed E-state index contributed by atoms with van der Waals surface area (Å²) in [6.45, 7) is 10.9. The molecule has 1 aromatic heterocycles. The van der Waals surface area contributed by atoms with Crippen LogP contribution in [0, 0.1) is 12.8 Å². The van der Waals surface area contributed by atoms with Crippen molar-refractivity contribution >= 4 is 29.4 Å². The molecule has 0 unspecified atom stereocenters. The minimum atomic E-state index is -0.384. The van der Waals surface area contributed by atoms with Crippen molar-refractivity contribution in [3.63, 3.8) is 0 Å². The summed E-state index contributed by atoms with van der Waals surface area (Å²) in [5, 5.41) is 3.07. The number of ether oxygens (including phenoxy) is 2. The zero-order valence-corrected chi connectivity index (χ0v) is 20.7. The van der Waals surface area contributed by atoms with Gasteiger partial charge in [-0.3, -0.25) is 4.90 Å². The number of hydrogen-bond acceptors (Lipinski definition) is 6. The lowest BCUT2D eigenvalue weighted by molar-refractivity contribution is 0.122. The molecule has 4 heterocycles. The van der Waals surface area contributed by atoms with E-state index in [0.717, 1.165) is 67.2 Å². The number of aromatic nitrogens is 1. The predicted molar refractivity (Wildman–Crippen MR) is 140 cm³/mol. The molecule has 0 bridgehead atoms. The van der Waals surface area contributed by atoms with Crippen LogP contribution >= 0.6 is 0 Å². The quantitative estimate of drug-likeness (QED) is 0.607. The Morgan fingerprint density at radius 1 is 1.14 bits per heavy atom. The first-order chi connectivity index (χ1) is 17.5. The van der Waals surface area contributed by atoms with Crippen molar-refractivity contribution in [2.45, 2.75) is 19.8 Å². The Kier molecular flexibility index (Phi) is 7.09.